The van der Waals surface area contributed by atoms with Crippen molar-refractivity contribution in [1.29, 1.82) is 0 Å². The third-order valence-corrected chi connectivity index (χ3v) is 2.54. The molecule has 6 nitrogen and oxygen atoms in total. The van der Waals surface area contributed by atoms with Crippen LogP contribution in [0.3, 0.4) is 0 Å². The normalized spacial score (nSPS) is 19.9. The van der Waals surface area contributed by atoms with Crippen molar-refractivity contribution >= 4 is 17.8 Å². The molecule has 2 N–H and O–H groups in total. The smallest absolute Gasteiger partial charge is 0.328 e. The maximum atomic E-state index is 11.6. The molecule has 0 aliphatic carbocycles. The first-order valence-corrected chi connectivity index (χ1v) is 5.48. The lowest BCUT2D eigenvalue weighted by Crippen LogP contribution is -2.40. The molecule has 0 bridgehead atoms. The van der Waals surface area contributed by atoms with E-state index in [9.17, 15) is 14.4 Å². The predicted molar refractivity (Wildman–Crippen MR) is 58.2 cm³/mol. The van der Waals surface area contributed by atoms with Crippen LogP contribution in [0.1, 0.15) is 33.1 Å². The number of carbonyl (C=O) groups is 3. The average molecular weight is 243 g/mol. The number of rotatable bonds is 5. The fourth-order valence-corrected chi connectivity index (χ4v) is 1.78. The van der Waals surface area contributed by atoms with Crippen molar-refractivity contribution in [3.63, 3.8) is 0 Å². The Balaban J connectivity index is 2.43. The van der Waals surface area contributed by atoms with E-state index in [1.54, 1.807) is 13.8 Å². The number of ether oxygens (including phenoxy) is 1. The second-order valence-electron chi connectivity index (χ2n) is 4.99. The summed E-state index contributed by atoms with van der Waals surface area (Å²) in [6.45, 7) is 3.73. The van der Waals surface area contributed by atoms with Gasteiger partial charge in [-0.15, -0.1) is 0 Å². The van der Waals surface area contributed by atoms with Crippen molar-refractivity contribution in [2.45, 2.75) is 39.2 Å². The highest BCUT2D eigenvalue weighted by molar-refractivity contribution is 5.85. The Hall–Kier alpha value is -1.59. The number of amides is 1. The zero-order valence-corrected chi connectivity index (χ0v) is 9.99. The number of nitrogens with one attached hydrogen (secondary N) is 1. The Morgan fingerprint density at radius 2 is 2.12 bits per heavy atom. The first-order chi connectivity index (χ1) is 7.80. The molecule has 1 amide bonds. The number of aliphatic carboxylic acids is 1. The van der Waals surface area contributed by atoms with Crippen molar-refractivity contribution in [2.75, 3.05) is 6.61 Å². The fraction of sp³-hybridized carbons (Fsp3) is 0.727. The Labute approximate surface area is 99.3 Å². The van der Waals surface area contributed by atoms with Crippen LogP contribution in [0.25, 0.3) is 0 Å². The highest BCUT2D eigenvalue weighted by Gasteiger charge is 2.31. The second kappa shape index (κ2) is 5.16. The van der Waals surface area contributed by atoms with Crippen molar-refractivity contribution in [3.05, 3.63) is 0 Å². The Morgan fingerprint density at radius 3 is 2.59 bits per heavy atom. The molecule has 0 saturated carbocycles. The summed E-state index contributed by atoms with van der Waals surface area (Å²) in [5, 5.41) is 11.2. The Bertz CT molecular complexity index is 337. The van der Waals surface area contributed by atoms with E-state index in [2.05, 4.69) is 5.32 Å². The van der Waals surface area contributed by atoms with E-state index in [1.165, 1.54) is 0 Å². The number of hydrogen-bond acceptors (Lipinski definition) is 4. The highest BCUT2D eigenvalue weighted by atomic mass is 16.5. The van der Waals surface area contributed by atoms with E-state index < -0.39 is 23.4 Å². The minimum Gasteiger partial charge on any atom is -0.481 e. The molecule has 0 spiro atoms. The molecule has 1 aliphatic rings. The van der Waals surface area contributed by atoms with Gasteiger partial charge in [0.05, 0.1) is 13.0 Å². The molecule has 1 fully saturated rings. The summed E-state index contributed by atoms with van der Waals surface area (Å²) in [4.78, 5) is 33.3. The summed E-state index contributed by atoms with van der Waals surface area (Å²) in [7, 11) is 0. The Kier molecular flexibility index (Phi) is 4.09. The van der Waals surface area contributed by atoms with E-state index in [1.807, 2.05) is 0 Å². The maximum Gasteiger partial charge on any atom is 0.328 e. The molecule has 0 aromatic heterocycles. The average Bonchev–Trinajstić information content (AvgIpc) is 2.47. The zero-order valence-electron chi connectivity index (χ0n) is 9.99. The minimum atomic E-state index is -0.942. The van der Waals surface area contributed by atoms with Gasteiger partial charge in [0.2, 0.25) is 5.91 Å². The molecule has 1 saturated heterocycles. The minimum absolute atomic E-state index is 0.0725. The van der Waals surface area contributed by atoms with Crippen LogP contribution in [0, 0.1) is 5.41 Å². The summed E-state index contributed by atoms with van der Waals surface area (Å²) in [6, 6.07) is -0.580. The third kappa shape index (κ3) is 4.42. The third-order valence-electron chi connectivity index (χ3n) is 2.54. The number of cyclic esters (lactones) is 1. The van der Waals surface area contributed by atoms with Gasteiger partial charge in [0.15, 0.2) is 0 Å². The van der Waals surface area contributed by atoms with Crippen LogP contribution in [-0.2, 0) is 19.1 Å². The topological polar surface area (TPSA) is 92.7 Å². The van der Waals surface area contributed by atoms with E-state index in [4.69, 9.17) is 9.84 Å². The van der Waals surface area contributed by atoms with Crippen molar-refractivity contribution in [2.24, 2.45) is 5.41 Å². The highest BCUT2D eigenvalue weighted by Crippen LogP contribution is 2.25. The van der Waals surface area contributed by atoms with Gasteiger partial charge in [-0.1, -0.05) is 13.8 Å². The van der Waals surface area contributed by atoms with Crippen molar-refractivity contribution in [3.8, 4) is 0 Å². The Morgan fingerprint density at radius 1 is 1.47 bits per heavy atom. The largest absolute Gasteiger partial charge is 0.481 e. The molecule has 0 radical (unpaired) electrons. The van der Waals surface area contributed by atoms with E-state index >= 15 is 0 Å². The lowest BCUT2D eigenvalue weighted by atomic mass is 9.85. The number of carboxylic acids is 1. The molecule has 1 heterocycles. The molecule has 1 unspecified atom stereocenters. The van der Waals surface area contributed by atoms with E-state index in [0.717, 1.165) is 0 Å². The summed E-state index contributed by atoms with van der Waals surface area (Å²) in [5.74, 6) is -1.68. The number of hydrogen-bond donors (Lipinski definition) is 2. The SMILES string of the molecule is CC(C)(CC(=O)O)CC(=O)NC1CCOC1=O. The summed E-state index contributed by atoms with van der Waals surface area (Å²) >= 11 is 0. The van der Waals surface area contributed by atoms with Crippen LogP contribution < -0.4 is 5.32 Å². The van der Waals surface area contributed by atoms with Gasteiger partial charge in [-0.25, -0.2) is 4.79 Å². The van der Waals surface area contributed by atoms with E-state index in [0.29, 0.717) is 13.0 Å². The standard InChI is InChI=1S/C11H17NO5/c1-11(2,6-9(14)15)5-8(13)12-7-3-4-17-10(7)16/h7H,3-6H2,1-2H3,(H,12,13)(H,14,15). The number of carboxylic acid groups (broad SMARTS) is 1. The van der Waals surface area contributed by atoms with E-state index in [-0.39, 0.29) is 18.7 Å². The first kappa shape index (κ1) is 13.5. The molecule has 96 valence electrons. The molecule has 0 aromatic carbocycles. The predicted octanol–water partition coefficient (Wildman–Crippen LogP) is 0.309. The number of carbonyl (C=O) groups excluding carboxylic acids is 2. The van der Waals surface area contributed by atoms with Gasteiger partial charge >= 0.3 is 11.9 Å². The molecule has 1 atom stereocenters. The van der Waals surface area contributed by atoms with Crippen LogP contribution in [0.2, 0.25) is 0 Å². The molecule has 17 heavy (non-hydrogen) atoms. The van der Waals surface area contributed by atoms with Crippen LogP contribution in [-0.4, -0.2) is 35.6 Å². The maximum absolute atomic E-state index is 11.6. The number of esters is 1. The monoisotopic (exact) mass is 243 g/mol. The summed E-state index contributed by atoms with van der Waals surface area (Å²) in [6.07, 6.45) is 0.461. The quantitative estimate of drug-likeness (QED) is 0.678. The van der Waals surface area contributed by atoms with Crippen molar-refractivity contribution < 1.29 is 24.2 Å². The molecule has 6 heteroatoms. The molecule has 1 aliphatic heterocycles. The summed E-state index contributed by atoms with van der Waals surface area (Å²) in [5.41, 5.74) is -0.627. The van der Waals surface area contributed by atoms with Crippen LogP contribution in [0.4, 0.5) is 0 Å². The fourth-order valence-electron chi connectivity index (χ4n) is 1.78. The van der Waals surface area contributed by atoms with Gasteiger partial charge in [-0.05, 0) is 5.41 Å². The van der Waals surface area contributed by atoms with Crippen LogP contribution in [0.15, 0.2) is 0 Å². The van der Waals surface area contributed by atoms with Gasteiger partial charge in [0, 0.05) is 12.8 Å². The van der Waals surface area contributed by atoms with Gasteiger partial charge in [0.1, 0.15) is 6.04 Å². The molecular weight excluding hydrogens is 226 g/mol. The van der Waals surface area contributed by atoms with Crippen LogP contribution >= 0.6 is 0 Å². The van der Waals surface area contributed by atoms with Gasteiger partial charge in [-0.2, -0.15) is 0 Å². The van der Waals surface area contributed by atoms with Gasteiger partial charge < -0.3 is 15.2 Å². The first-order valence-electron chi connectivity index (χ1n) is 5.48. The van der Waals surface area contributed by atoms with Crippen LogP contribution in [0.5, 0.6) is 0 Å². The lowest BCUT2D eigenvalue weighted by Gasteiger charge is -2.22. The van der Waals surface area contributed by atoms with Gasteiger partial charge in [0.25, 0.3) is 0 Å². The lowest BCUT2D eigenvalue weighted by molar-refractivity contribution is -0.143. The zero-order chi connectivity index (χ0) is 13.1. The second-order valence-corrected chi connectivity index (χ2v) is 4.99. The van der Waals surface area contributed by atoms with Gasteiger partial charge in [-0.3, -0.25) is 9.59 Å². The molecule has 1 rings (SSSR count). The molecule has 0 aromatic rings. The molecular formula is C11H17NO5. The van der Waals surface area contributed by atoms with Crippen molar-refractivity contribution in [1.82, 2.24) is 5.32 Å². The summed E-state index contributed by atoms with van der Waals surface area (Å²) < 4.78 is 4.71.